The number of likely N-dealkylation sites (N-methyl/N-ethyl adjacent to an activating group) is 1. The maximum Gasteiger partial charge on any atom is 0.248 e. The number of hydrogen-bond acceptors (Lipinski definition) is 3. The Balaban J connectivity index is 1.83. The smallest absolute Gasteiger partial charge is 0.248 e. The van der Waals surface area contributed by atoms with Gasteiger partial charge in [0, 0.05) is 57.6 Å². The van der Waals surface area contributed by atoms with Gasteiger partial charge in [-0.25, -0.2) is 0 Å². The van der Waals surface area contributed by atoms with E-state index < -0.39 is 0 Å². The van der Waals surface area contributed by atoms with Gasteiger partial charge in [0.05, 0.1) is 0 Å². The van der Waals surface area contributed by atoms with E-state index >= 15 is 0 Å². The molecule has 0 spiro atoms. The molecule has 1 unspecified atom stereocenters. The first-order chi connectivity index (χ1) is 11.5. The fraction of sp³-hybridized carbons (Fsp3) is 0.850. The summed E-state index contributed by atoms with van der Waals surface area (Å²) < 4.78 is 0. The minimum atomic E-state index is 0.131. The lowest BCUT2D eigenvalue weighted by atomic mass is 9.88. The van der Waals surface area contributed by atoms with Gasteiger partial charge < -0.3 is 9.80 Å². The van der Waals surface area contributed by atoms with Crippen molar-refractivity contribution < 1.29 is 4.79 Å². The Morgan fingerprint density at radius 1 is 1.21 bits per heavy atom. The minimum absolute atomic E-state index is 0.131. The Labute approximate surface area is 148 Å². The van der Waals surface area contributed by atoms with E-state index in [2.05, 4.69) is 30.6 Å². The second kappa shape index (κ2) is 9.45. The summed E-state index contributed by atoms with van der Waals surface area (Å²) >= 11 is 0. The number of carbonyl (C=O) groups is 1. The first-order valence-corrected chi connectivity index (χ1v) is 9.93. The molecular formula is C20H37N3O. The largest absolute Gasteiger partial charge is 0.372 e. The van der Waals surface area contributed by atoms with Crippen LogP contribution < -0.4 is 0 Å². The van der Waals surface area contributed by atoms with E-state index in [0.29, 0.717) is 6.04 Å². The van der Waals surface area contributed by atoms with Crippen molar-refractivity contribution in [2.24, 2.45) is 5.92 Å². The minimum Gasteiger partial charge on any atom is -0.372 e. The van der Waals surface area contributed by atoms with Crippen LogP contribution in [0.15, 0.2) is 11.8 Å². The number of carbonyl (C=O) groups excluding carboxylic acids is 1. The Morgan fingerprint density at radius 3 is 2.54 bits per heavy atom. The number of amides is 1. The normalized spacial score (nSPS) is 24.2. The maximum absolute atomic E-state index is 12.2. The molecule has 1 atom stereocenters. The number of rotatable bonds is 6. The van der Waals surface area contributed by atoms with E-state index in [1.54, 1.807) is 0 Å². The van der Waals surface area contributed by atoms with Crippen molar-refractivity contribution in [1.29, 1.82) is 0 Å². The average molecular weight is 336 g/mol. The second-order valence-electron chi connectivity index (χ2n) is 7.84. The molecule has 1 saturated heterocycles. The molecule has 4 nitrogen and oxygen atoms in total. The molecule has 0 N–H and O–H groups in total. The van der Waals surface area contributed by atoms with Crippen LogP contribution in [0, 0.1) is 5.92 Å². The van der Waals surface area contributed by atoms with Gasteiger partial charge in [0.1, 0.15) is 0 Å². The van der Waals surface area contributed by atoms with E-state index in [1.807, 2.05) is 18.0 Å². The summed E-state index contributed by atoms with van der Waals surface area (Å²) in [5.41, 5.74) is 1.12. The first-order valence-electron chi connectivity index (χ1n) is 9.93. The van der Waals surface area contributed by atoms with Crippen molar-refractivity contribution in [2.45, 2.75) is 65.3 Å². The van der Waals surface area contributed by atoms with E-state index in [1.165, 1.54) is 38.6 Å². The summed E-state index contributed by atoms with van der Waals surface area (Å²) in [4.78, 5) is 19.1. The summed E-state index contributed by atoms with van der Waals surface area (Å²) in [5, 5.41) is 0. The molecule has 1 heterocycles. The molecule has 1 amide bonds. The fourth-order valence-corrected chi connectivity index (χ4v) is 4.11. The third-order valence-corrected chi connectivity index (χ3v) is 5.75. The zero-order valence-corrected chi connectivity index (χ0v) is 16.3. The highest BCUT2D eigenvalue weighted by atomic mass is 16.2. The molecule has 138 valence electrons. The zero-order chi connectivity index (χ0) is 17.5. The van der Waals surface area contributed by atoms with E-state index in [4.69, 9.17) is 0 Å². The molecule has 2 fully saturated rings. The predicted octanol–water partition coefficient (Wildman–Crippen LogP) is 3.35. The van der Waals surface area contributed by atoms with Gasteiger partial charge in [-0.2, -0.15) is 0 Å². The summed E-state index contributed by atoms with van der Waals surface area (Å²) in [5.74, 6) is 1.04. The standard InChI is InChI=1S/C20H37N3O/c1-5-11-21(4)20(24)14-17(2)22-12-13-23(18(3)15-22)16-19-9-7-6-8-10-19/h14,18-19H,5-13,15-16H2,1-4H3/b17-14+. The summed E-state index contributed by atoms with van der Waals surface area (Å²) in [6.45, 7) is 11.8. The molecule has 2 rings (SSSR count). The van der Waals surface area contributed by atoms with Crippen molar-refractivity contribution in [3.8, 4) is 0 Å². The van der Waals surface area contributed by atoms with Crippen molar-refractivity contribution in [3.05, 3.63) is 11.8 Å². The lowest BCUT2D eigenvalue weighted by Gasteiger charge is -2.43. The topological polar surface area (TPSA) is 26.8 Å². The highest BCUT2D eigenvalue weighted by Gasteiger charge is 2.26. The monoisotopic (exact) mass is 335 g/mol. The van der Waals surface area contributed by atoms with E-state index in [0.717, 1.165) is 44.2 Å². The average Bonchev–Trinajstić information content (AvgIpc) is 2.57. The van der Waals surface area contributed by atoms with E-state index in [9.17, 15) is 4.79 Å². The Kier molecular flexibility index (Phi) is 7.60. The van der Waals surface area contributed by atoms with Gasteiger partial charge in [0.2, 0.25) is 5.91 Å². The van der Waals surface area contributed by atoms with Crippen molar-refractivity contribution in [2.75, 3.05) is 39.8 Å². The third kappa shape index (κ3) is 5.51. The van der Waals surface area contributed by atoms with Crippen LogP contribution in [0.4, 0.5) is 0 Å². The summed E-state index contributed by atoms with van der Waals surface area (Å²) in [6, 6.07) is 0.576. The van der Waals surface area contributed by atoms with Crippen LogP contribution in [-0.2, 0) is 4.79 Å². The zero-order valence-electron chi connectivity index (χ0n) is 16.3. The molecule has 0 bridgehead atoms. The maximum atomic E-state index is 12.2. The van der Waals surface area contributed by atoms with Gasteiger partial charge >= 0.3 is 0 Å². The summed E-state index contributed by atoms with van der Waals surface area (Å²) in [7, 11) is 1.89. The fourth-order valence-electron chi connectivity index (χ4n) is 4.11. The SMILES string of the molecule is CCCN(C)C(=O)/C=C(\C)N1CCN(CC2CCCCC2)C(C)C1. The van der Waals surface area contributed by atoms with E-state index in [-0.39, 0.29) is 5.91 Å². The highest BCUT2D eigenvalue weighted by Crippen LogP contribution is 2.26. The van der Waals surface area contributed by atoms with Crippen LogP contribution in [-0.4, -0.2) is 66.4 Å². The molecule has 2 aliphatic rings. The van der Waals surface area contributed by atoms with Crippen LogP contribution in [0.2, 0.25) is 0 Å². The summed E-state index contributed by atoms with van der Waals surface area (Å²) in [6.07, 6.45) is 9.95. The molecule has 24 heavy (non-hydrogen) atoms. The second-order valence-corrected chi connectivity index (χ2v) is 7.84. The molecule has 0 aromatic heterocycles. The van der Waals surface area contributed by atoms with Gasteiger partial charge in [-0.1, -0.05) is 26.2 Å². The van der Waals surface area contributed by atoms with Crippen LogP contribution in [0.3, 0.4) is 0 Å². The van der Waals surface area contributed by atoms with Crippen molar-refractivity contribution in [1.82, 2.24) is 14.7 Å². The van der Waals surface area contributed by atoms with Crippen LogP contribution >= 0.6 is 0 Å². The number of allylic oxidation sites excluding steroid dienone is 1. The highest BCUT2D eigenvalue weighted by molar-refractivity contribution is 5.87. The molecule has 4 heteroatoms. The number of hydrogen-bond donors (Lipinski definition) is 0. The predicted molar refractivity (Wildman–Crippen MR) is 101 cm³/mol. The van der Waals surface area contributed by atoms with Gasteiger partial charge in [-0.3, -0.25) is 9.69 Å². The van der Waals surface area contributed by atoms with Crippen LogP contribution in [0.5, 0.6) is 0 Å². The Morgan fingerprint density at radius 2 is 1.92 bits per heavy atom. The molecule has 1 aliphatic carbocycles. The molecule has 1 saturated carbocycles. The lowest BCUT2D eigenvalue weighted by molar-refractivity contribution is -0.124. The first kappa shape index (κ1) is 19.3. The van der Waals surface area contributed by atoms with Gasteiger partial charge in [0.15, 0.2) is 0 Å². The van der Waals surface area contributed by atoms with Crippen LogP contribution in [0.1, 0.15) is 59.3 Å². The molecular weight excluding hydrogens is 298 g/mol. The third-order valence-electron chi connectivity index (χ3n) is 5.75. The molecule has 0 aromatic carbocycles. The Hall–Kier alpha value is -1.03. The van der Waals surface area contributed by atoms with Gasteiger partial charge in [-0.05, 0) is 39.0 Å². The molecule has 0 radical (unpaired) electrons. The quantitative estimate of drug-likeness (QED) is 0.697. The lowest BCUT2D eigenvalue weighted by Crippen LogP contribution is -2.52. The molecule has 1 aliphatic heterocycles. The van der Waals surface area contributed by atoms with Crippen LogP contribution in [0.25, 0.3) is 0 Å². The Bertz CT molecular complexity index is 429. The molecule has 0 aromatic rings. The van der Waals surface area contributed by atoms with Gasteiger partial charge in [-0.15, -0.1) is 0 Å². The number of nitrogens with zero attached hydrogens (tertiary/aromatic N) is 3. The van der Waals surface area contributed by atoms with Crippen molar-refractivity contribution >= 4 is 5.91 Å². The van der Waals surface area contributed by atoms with Crippen molar-refractivity contribution in [3.63, 3.8) is 0 Å². The van der Waals surface area contributed by atoms with Gasteiger partial charge in [0.25, 0.3) is 0 Å². The number of piperazine rings is 1.